The number of nitrogens with zero attached hydrogens (tertiary/aromatic N) is 1. The third kappa shape index (κ3) is 4.16. The standard InChI is InChI=1S/C6H16NO2PS/c1-6(2)5-10(8,9)7(3)11-4/h6H,5H2,1-4H3,(H,8,9). The summed E-state index contributed by atoms with van der Waals surface area (Å²) in [6.07, 6.45) is 2.16. The molecule has 0 saturated carbocycles. The molecule has 1 atom stereocenters. The normalized spacial score (nSPS) is 17.4. The molecule has 68 valence electrons. The zero-order valence-electron chi connectivity index (χ0n) is 7.44. The van der Waals surface area contributed by atoms with Gasteiger partial charge in [0.2, 0.25) is 0 Å². The predicted molar refractivity (Wildman–Crippen MR) is 50.8 cm³/mol. The van der Waals surface area contributed by atoms with Crippen LogP contribution < -0.4 is 0 Å². The molecule has 0 aliphatic rings. The van der Waals surface area contributed by atoms with Crippen molar-refractivity contribution in [1.29, 1.82) is 0 Å². The first-order chi connectivity index (χ1) is 4.90. The van der Waals surface area contributed by atoms with Crippen molar-refractivity contribution in [3.63, 3.8) is 0 Å². The lowest BCUT2D eigenvalue weighted by Crippen LogP contribution is -2.10. The molecule has 0 aromatic carbocycles. The van der Waals surface area contributed by atoms with Crippen LogP contribution in [0.25, 0.3) is 0 Å². The Morgan fingerprint density at radius 2 is 2.09 bits per heavy atom. The minimum Gasteiger partial charge on any atom is -0.333 e. The maximum atomic E-state index is 11.4. The van der Waals surface area contributed by atoms with Crippen LogP contribution in [0.1, 0.15) is 13.8 Å². The first-order valence-electron chi connectivity index (χ1n) is 3.50. The van der Waals surface area contributed by atoms with E-state index in [4.69, 9.17) is 0 Å². The first-order valence-corrected chi connectivity index (χ1v) is 6.48. The van der Waals surface area contributed by atoms with Gasteiger partial charge in [-0.15, -0.1) is 0 Å². The van der Waals surface area contributed by atoms with Gasteiger partial charge in [-0.2, -0.15) is 4.08 Å². The van der Waals surface area contributed by atoms with Gasteiger partial charge in [-0.1, -0.05) is 25.8 Å². The first kappa shape index (κ1) is 11.5. The average molecular weight is 197 g/mol. The number of rotatable bonds is 4. The minimum atomic E-state index is -3.04. The second kappa shape index (κ2) is 4.51. The summed E-state index contributed by atoms with van der Waals surface area (Å²) >= 11 is 1.29. The molecule has 0 rings (SSSR count). The summed E-state index contributed by atoms with van der Waals surface area (Å²) in [7, 11) is -1.40. The van der Waals surface area contributed by atoms with Crippen molar-refractivity contribution in [2.45, 2.75) is 13.8 Å². The summed E-state index contributed by atoms with van der Waals surface area (Å²) in [5, 5.41) is 0. The van der Waals surface area contributed by atoms with Gasteiger partial charge in [0.1, 0.15) is 0 Å². The van der Waals surface area contributed by atoms with Crippen molar-refractivity contribution in [2.75, 3.05) is 19.5 Å². The SMILES string of the molecule is CSN(C)P(=O)(O)CC(C)C. The Morgan fingerprint density at radius 3 is 2.36 bits per heavy atom. The molecule has 0 fully saturated rings. The fourth-order valence-corrected chi connectivity index (χ4v) is 3.12. The Hall–Kier alpha value is 0.500. The van der Waals surface area contributed by atoms with Crippen LogP contribution in [-0.4, -0.2) is 28.4 Å². The zero-order chi connectivity index (χ0) is 9.07. The third-order valence-corrected chi connectivity index (χ3v) is 5.18. The number of hydrogen-bond acceptors (Lipinski definition) is 2. The summed E-state index contributed by atoms with van der Waals surface area (Å²) in [4.78, 5) is 9.41. The van der Waals surface area contributed by atoms with E-state index in [9.17, 15) is 9.46 Å². The maximum absolute atomic E-state index is 11.4. The summed E-state index contributed by atoms with van der Waals surface area (Å²) in [6.45, 7) is 3.88. The van der Waals surface area contributed by atoms with E-state index in [-0.39, 0.29) is 5.92 Å². The van der Waals surface area contributed by atoms with Crippen LogP contribution in [0.2, 0.25) is 0 Å². The van der Waals surface area contributed by atoms with Crippen molar-refractivity contribution >= 4 is 19.5 Å². The van der Waals surface area contributed by atoms with E-state index in [1.54, 1.807) is 13.3 Å². The Labute approximate surface area is 72.8 Å². The molecular formula is C6H16NO2PS. The smallest absolute Gasteiger partial charge is 0.279 e. The highest BCUT2D eigenvalue weighted by Gasteiger charge is 2.24. The van der Waals surface area contributed by atoms with Gasteiger partial charge in [0.05, 0.1) is 0 Å². The highest BCUT2D eigenvalue weighted by Crippen LogP contribution is 2.48. The molecule has 0 aromatic heterocycles. The van der Waals surface area contributed by atoms with Crippen LogP contribution in [0.5, 0.6) is 0 Å². The van der Waals surface area contributed by atoms with Crippen molar-refractivity contribution in [3.05, 3.63) is 0 Å². The Morgan fingerprint density at radius 1 is 1.64 bits per heavy atom. The second-order valence-corrected chi connectivity index (χ2v) is 6.37. The molecule has 0 saturated heterocycles. The molecule has 0 amide bonds. The van der Waals surface area contributed by atoms with Crippen LogP contribution in [0.4, 0.5) is 0 Å². The second-order valence-electron chi connectivity index (χ2n) is 2.89. The van der Waals surface area contributed by atoms with Crippen LogP contribution in [0.15, 0.2) is 0 Å². The molecule has 0 aliphatic carbocycles. The van der Waals surface area contributed by atoms with E-state index >= 15 is 0 Å². The van der Waals surface area contributed by atoms with Gasteiger partial charge in [0.15, 0.2) is 0 Å². The van der Waals surface area contributed by atoms with E-state index in [0.717, 1.165) is 0 Å². The number of hydrogen-bond donors (Lipinski definition) is 1. The quantitative estimate of drug-likeness (QED) is 0.553. The minimum absolute atomic E-state index is 0.264. The molecule has 0 aromatic rings. The van der Waals surface area contributed by atoms with E-state index in [2.05, 4.69) is 0 Å². The Kier molecular flexibility index (Phi) is 4.71. The molecule has 0 spiro atoms. The van der Waals surface area contributed by atoms with Gasteiger partial charge in [0.25, 0.3) is 7.52 Å². The Bertz CT molecular complexity index is 163. The molecule has 0 aliphatic heterocycles. The molecule has 3 nitrogen and oxygen atoms in total. The van der Waals surface area contributed by atoms with Gasteiger partial charge < -0.3 is 4.89 Å². The Balaban J connectivity index is 4.10. The fraction of sp³-hybridized carbons (Fsp3) is 1.00. The van der Waals surface area contributed by atoms with Gasteiger partial charge in [-0.25, -0.2) is 0 Å². The van der Waals surface area contributed by atoms with E-state index in [1.807, 2.05) is 13.8 Å². The van der Waals surface area contributed by atoms with E-state index in [0.29, 0.717) is 6.16 Å². The lowest BCUT2D eigenvalue weighted by Gasteiger charge is -2.21. The van der Waals surface area contributed by atoms with Crippen molar-refractivity contribution in [1.82, 2.24) is 4.08 Å². The van der Waals surface area contributed by atoms with E-state index < -0.39 is 7.52 Å². The summed E-state index contributed by atoms with van der Waals surface area (Å²) in [5.74, 6) is 0.264. The zero-order valence-corrected chi connectivity index (χ0v) is 9.15. The van der Waals surface area contributed by atoms with Crippen LogP contribution >= 0.6 is 19.5 Å². The highest BCUT2D eigenvalue weighted by atomic mass is 32.2. The van der Waals surface area contributed by atoms with Crippen LogP contribution in [0, 0.1) is 5.92 Å². The molecule has 5 heteroatoms. The topological polar surface area (TPSA) is 40.5 Å². The highest BCUT2D eigenvalue weighted by molar-refractivity contribution is 8.00. The van der Waals surface area contributed by atoms with Crippen LogP contribution in [-0.2, 0) is 4.57 Å². The molecule has 1 unspecified atom stereocenters. The lowest BCUT2D eigenvalue weighted by molar-refractivity contribution is 0.435. The van der Waals surface area contributed by atoms with Crippen LogP contribution in [0.3, 0.4) is 0 Å². The van der Waals surface area contributed by atoms with Gasteiger partial charge in [0, 0.05) is 13.2 Å². The molecular weight excluding hydrogens is 181 g/mol. The summed E-state index contributed by atoms with van der Waals surface area (Å²) in [6, 6.07) is 0. The van der Waals surface area contributed by atoms with Crippen molar-refractivity contribution in [2.24, 2.45) is 5.92 Å². The monoisotopic (exact) mass is 197 g/mol. The van der Waals surface area contributed by atoms with Gasteiger partial charge in [-0.3, -0.25) is 4.57 Å². The molecule has 0 bridgehead atoms. The average Bonchev–Trinajstić information content (AvgIpc) is 1.83. The third-order valence-electron chi connectivity index (χ3n) is 1.31. The van der Waals surface area contributed by atoms with E-state index in [1.165, 1.54) is 16.0 Å². The van der Waals surface area contributed by atoms with Crippen molar-refractivity contribution in [3.8, 4) is 0 Å². The largest absolute Gasteiger partial charge is 0.333 e. The lowest BCUT2D eigenvalue weighted by atomic mass is 10.3. The fourth-order valence-electron chi connectivity index (χ4n) is 0.718. The molecule has 0 heterocycles. The molecule has 0 radical (unpaired) electrons. The predicted octanol–water partition coefficient (Wildman–Crippen LogP) is 2.04. The van der Waals surface area contributed by atoms with Gasteiger partial charge in [-0.05, 0) is 12.2 Å². The summed E-state index contributed by atoms with van der Waals surface area (Å²) in [5.41, 5.74) is 0. The van der Waals surface area contributed by atoms with Crippen molar-refractivity contribution < 1.29 is 9.46 Å². The molecule has 1 N–H and O–H groups in total. The van der Waals surface area contributed by atoms with Gasteiger partial charge >= 0.3 is 0 Å². The summed E-state index contributed by atoms with van der Waals surface area (Å²) < 4.78 is 12.9. The molecule has 11 heavy (non-hydrogen) atoms. The maximum Gasteiger partial charge on any atom is 0.279 e.